The smallest absolute Gasteiger partial charge is 0.0701 e. The summed E-state index contributed by atoms with van der Waals surface area (Å²) in [7, 11) is 0. The minimum Gasteiger partial charge on any atom is -0.379 e. The van der Waals surface area contributed by atoms with E-state index >= 15 is 0 Å². The second-order valence-electron chi connectivity index (χ2n) is 2.62. The van der Waals surface area contributed by atoms with Gasteiger partial charge < -0.3 is 9.47 Å². The number of halogens is 1. The predicted molar refractivity (Wildman–Crippen MR) is 51.8 cm³/mol. The molecule has 0 aliphatic carbocycles. The molecule has 0 spiro atoms. The molecule has 0 saturated carbocycles. The molecule has 0 fully saturated rings. The van der Waals surface area contributed by atoms with Crippen LogP contribution >= 0.6 is 11.6 Å². The first-order valence-electron chi connectivity index (χ1n) is 4.13. The van der Waals surface area contributed by atoms with Crippen molar-refractivity contribution in [3.63, 3.8) is 0 Å². The summed E-state index contributed by atoms with van der Waals surface area (Å²) in [5.41, 5.74) is 1.15. The second-order valence-corrected chi connectivity index (χ2v) is 3.00. The molecule has 3 heteroatoms. The van der Waals surface area contributed by atoms with Crippen LogP contribution in [0, 0.1) is 0 Å². The van der Waals surface area contributed by atoms with Crippen LogP contribution in [0.4, 0.5) is 0 Å². The van der Waals surface area contributed by atoms with Gasteiger partial charge in [0.1, 0.15) is 0 Å². The molecule has 0 heterocycles. The van der Waals surface area contributed by atoms with E-state index in [2.05, 4.69) is 6.58 Å². The van der Waals surface area contributed by atoms with Crippen molar-refractivity contribution in [1.82, 2.24) is 0 Å². The van der Waals surface area contributed by atoms with Crippen LogP contribution in [0.2, 0.25) is 0 Å². The lowest BCUT2D eigenvalue weighted by molar-refractivity contribution is 0.0548. The molecule has 0 aliphatic rings. The van der Waals surface area contributed by atoms with E-state index in [1.807, 2.05) is 6.92 Å². The molecule has 0 atom stereocenters. The Morgan fingerprint density at radius 3 is 2.25 bits per heavy atom. The van der Waals surface area contributed by atoms with Gasteiger partial charge in [0.2, 0.25) is 0 Å². The van der Waals surface area contributed by atoms with Gasteiger partial charge in [-0.15, -0.1) is 18.2 Å². The highest BCUT2D eigenvalue weighted by Gasteiger charge is 1.89. The average Bonchev–Trinajstić information content (AvgIpc) is 2.02. The lowest BCUT2D eigenvalue weighted by Gasteiger charge is -2.03. The number of hydrogen-bond donors (Lipinski definition) is 0. The highest BCUT2D eigenvalue weighted by Crippen LogP contribution is 1.94. The first kappa shape index (κ1) is 11.9. The van der Waals surface area contributed by atoms with Crippen LogP contribution in [-0.4, -0.2) is 32.3 Å². The lowest BCUT2D eigenvalue weighted by Crippen LogP contribution is -2.06. The van der Waals surface area contributed by atoms with Crippen LogP contribution in [0.5, 0.6) is 0 Å². The van der Waals surface area contributed by atoms with Crippen LogP contribution in [0.15, 0.2) is 12.2 Å². The molecule has 0 rings (SSSR count). The average molecular weight is 193 g/mol. The quantitative estimate of drug-likeness (QED) is 0.334. The third kappa shape index (κ3) is 9.95. The number of hydrogen-bond acceptors (Lipinski definition) is 2. The van der Waals surface area contributed by atoms with Crippen molar-refractivity contribution in [1.29, 1.82) is 0 Å². The first-order valence-corrected chi connectivity index (χ1v) is 4.66. The standard InChI is InChI=1S/C9H17ClO2/c1-9(2)3-5-11-7-8-12-6-4-10/h1,3-8H2,2H3. The van der Waals surface area contributed by atoms with Crippen LogP contribution in [0.1, 0.15) is 13.3 Å². The van der Waals surface area contributed by atoms with Crippen molar-refractivity contribution in [2.45, 2.75) is 13.3 Å². The Morgan fingerprint density at radius 2 is 1.75 bits per heavy atom. The van der Waals surface area contributed by atoms with Gasteiger partial charge >= 0.3 is 0 Å². The third-order valence-corrected chi connectivity index (χ3v) is 1.42. The SMILES string of the molecule is C=C(C)CCOCCOCCCl. The zero-order valence-electron chi connectivity index (χ0n) is 7.64. The molecule has 0 radical (unpaired) electrons. The predicted octanol–water partition coefficient (Wildman–Crippen LogP) is 2.22. The molecule has 0 bridgehead atoms. The van der Waals surface area contributed by atoms with Crippen LogP contribution in [-0.2, 0) is 9.47 Å². The van der Waals surface area contributed by atoms with E-state index in [1.54, 1.807) is 0 Å². The maximum absolute atomic E-state index is 5.41. The number of alkyl halides is 1. The molecule has 0 saturated heterocycles. The fourth-order valence-electron chi connectivity index (χ4n) is 0.623. The molecule has 0 N–H and O–H groups in total. The van der Waals surface area contributed by atoms with Crippen LogP contribution < -0.4 is 0 Å². The second kappa shape index (κ2) is 9.04. The monoisotopic (exact) mass is 192 g/mol. The van der Waals surface area contributed by atoms with E-state index in [0.29, 0.717) is 25.7 Å². The third-order valence-electron chi connectivity index (χ3n) is 1.27. The van der Waals surface area contributed by atoms with Gasteiger partial charge in [-0.2, -0.15) is 0 Å². The molecule has 0 aromatic heterocycles. The van der Waals surface area contributed by atoms with Gasteiger partial charge in [0.15, 0.2) is 0 Å². The summed E-state index contributed by atoms with van der Waals surface area (Å²) in [5, 5.41) is 0. The molecule has 0 aromatic rings. The van der Waals surface area contributed by atoms with E-state index in [0.717, 1.165) is 18.6 Å². The summed E-state index contributed by atoms with van der Waals surface area (Å²) in [5.74, 6) is 0.547. The molecule has 0 aliphatic heterocycles. The fraction of sp³-hybridized carbons (Fsp3) is 0.778. The van der Waals surface area contributed by atoms with E-state index in [1.165, 1.54) is 0 Å². The molecule has 0 unspecified atom stereocenters. The molecule has 72 valence electrons. The van der Waals surface area contributed by atoms with Gasteiger partial charge in [-0.1, -0.05) is 5.57 Å². The minimum atomic E-state index is 0.547. The van der Waals surface area contributed by atoms with Crippen molar-refractivity contribution in [3.05, 3.63) is 12.2 Å². The lowest BCUT2D eigenvalue weighted by atomic mass is 10.3. The summed E-state index contributed by atoms with van der Waals surface area (Å²) < 4.78 is 10.4. The fourth-order valence-corrected chi connectivity index (χ4v) is 0.732. The Balaban J connectivity index is 2.86. The van der Waals surface area contributed by atoms with Gasteiger partial charge in [0, 0.05) is 5.88 Å². The Labute approximate surface area is 79.5 Å². The topological polar surface area (TPSA) is 18.5 Å². The number of ether oxygens (including phenoxy) is 2. The van der Waals surface area contributed by atoms with E-state index in [9.17, 15) is 0 Å². The van der Waals surface area contributed by atoms with Crippen molar-refractivity contribution in [2.24, 2.45) is 0 Å². The van der Waals surface area contributed by atoms with Gasteiger partial charge in [0.05, 0.1) is 26.4 Å². The van der Waals surface area contributed by atoms with Crippen molar-refractivity contribution < 1.29 is 9.47 Å². The molecular formula is C9H17ClO2. The van der Waals surface area contributed by atoms with Crippen molar-refractivity contribution in [2.75, 3.05) is 32.3 Å². The summed E-state index contributed by atoms with van der Waals surface area (Å²) in [6, 6.07) is 0. The molecule has 0 amide bonds. The highest BCUT2D eigenvalue weighted by molar-refractivity contribution is 6.17. The van der Waals surface area contributed by atoms with E-state index in [-0.39, 0.29) is 0 Å². The van der Waals surface area contributed by atoms with Crippen molar-refractivity contribution in [3.8, 4) is 0 Å². The van der Waals surface area contributed by atoms with Crippen molar-refractivity contribution >= 4 is 11.6 Å². The summed E-state index contributed by atoms with van der Waals surface area (Å²) >= 11 is 5.41. The Hall–Kier alpha value is -0.0500. The van der Waals surface area contributed by atoms with Gasteiger partial charge in [-0.25, -0.2) is 0 Å². The maximum Gasteiger partial charge on any atom is 0.0701 e. The maximum atomic E-state index is 5.41. The first-order chi connectivity index (χ1) is 5.77. The Kier molecular flexibility index (Phi) is 9.00. The highest BCUT2D eigenvalue weighted by atomic mass is 35.5. The van der Waals surface area contributed by atoms with E-state index in [4.69, 9.17) is 21.1 Å². The van der Waals surface area contributed by atoms with Gasteiger partial charge in [-0.3, -0.25) is 0 Å². The van der Waals surface area contributed by atoms with Crippen LogP contribution in [0.25, 0.3) is 0 Å². The summed E-state index contributed by atoms with van der Waals surface area (Å²) in [6.45, 7) is 8.38. The Morgan fingerprint density at radius 1 is 1.17 bits per heavy atom. The molecular weight excluding hydrogens is 176 g/mol. The van der Waals surface area contributed by atoms with E-state index < -0.39 is 0 Å². The largest absolute Gasteiger partial charge is 0.379 e. The zero-order chi connectivity index (χ0) is 9.23. The summed E-state index contributed by atoms with van der Waals surface area (Å²) in [6.07, 6.45) is 0.926. The van der Waals surface area contributed by atoms with Crippen LogP contribution in [0.3, 0.4) is 0 Å². The van der Waals surface area contributed by atoms with Gasteiger partial charge in [-0.05, 0) is 13.3 Å². The zero-order valence-corrected chi connectivity index (χ0v) is 8.40. The number of rotatable bonds is 8. The normalized spacial score (nSPS) is 10.2. The summed E-state index contributed by atoms with van der Waals surface area (Å²) in [4.78, 5) is 0. The molecule has 0 aromatic carbocycles. The Bertz CT molecular complexity index is 115. The molecule has 2 nitrogen and oxygen atoms in total. The minimum absolute atomic E-state index is 0.547. The molecule has 12 heavy (non-hydrogen) atoms. The van der Waals surface area contributed by atoms with Gasteiger partial charge in [0.25, 0.3) is 0 Å².